The number of halogens is 1. The standard InChI is InChI=1S/C19H20BrN3O3.C2H2O4/c1-23-16(13-5-4-6-14(9-13)25-2)11-22-19(23)21-10-12-7-15(20)18(24)17(8-12)26-3;3-1(4)2(5)6/h4-9,11,24H,10H2,1-3H3,(H,21,22);(H,3,4)(H,5,6). The predicted octanol–water partition coefficient (Wildman–Crippen LogP) is 3.34. The van der Waals surface area contributed by atoms with E-state index in [0.29, 0.717) is 16.8 Å². The van der Waals surface area contributed by atoms with E-state index in [2.05, 4.69) is 26.2 Å². The van der Waals surface area contributed by atoms with E-state index in [1.54, 1.807) is 13.2 Å². The third-order valence-corrected chi connectivity index (χ3v) is 4.90. The van der Waals surface area contributed by atoms with Gasteiger partial charge in [0.15, 0.2) is 11.5 Å². The average Bonchev–Trinajstić information content (AvgIpc) is 3.15. The number of carbonyl (C=O) groups is 2. The van der Waals surface area contributed by atoms with Crippen LogP contribution in [0.15, 0.2) is 47.1 Å². The molecular weight excluding hydrogens is 486 g/mol. The Morgan fingerprint density at radius 1 is 1.12 bits per heavy atom. The first-order valence-electron chi connectivity index (χ1n) is 9.09. The summed E-state index contributed by atoms with van der Waals surface area (Å²) in [5.74, 6) is -1.59. The van der Waals surface area contributed by atoms with E-state index in [-0.39, 0.29) is 5.75 Å². The number of carboxylic acid groups (broad SMARTS) is 2. The van der Waals surface area contributed by atoms with Crippen molar-refractivity contribution in [2.45, 2.75) is 6.54 Å². The first-order valence-corrected chi connectivity index (χ1v) is 9.88. The number of imidazole rings is 1. The van der Waals surface area contributed by atoms with E-state index in [0.717, 1.165) is 28.5 Å². The summed E-state index contributed by atoms with van der Waals surface area (Å²) in [6.07, 6.45) is 1.82. The Bertz CT molecular complexity index is 1100. The Hall–Kier alpha value is -3.73. The zero-order chi connectivity index (χ0) is 23.8. The second-order valence-electron chi connectivity index (χ2n) is 6.35. The molecule has 10 nitrogen and oxygen atoms in total. The molecule has 1 heterocycles. The van der Waals surface area contributed by atoms with Gasteiger partial charge in [0.1, 0.15) is 5.75 Å². The molecule has 0 amide bonds. The molecule has 3 aromatic rings. The summed E-state index contributed by atoms with van der Waals surface area (Å²) in [5, 5.41) is 28.0. The highest BCUT2D eigenvalue weighted by Gasteiger charge is 2.11. The molecule has 0 aliphatic rings. The van der Waals surface area contributed by atoms with Crippen LogP contribution >= 0.6 is 15.9 Å². The SMILES string of the molecule is COc1cccc(-c2cnc(NCc3cc(Br)c(O)c(OC)c3)n2C)c1.O=C(O)C(=O)O. The van der Waals surface area contributed by atoms with Gasteiger partial charge in [0.25, 0.3) is 0 Å². The van der Waals surface area contributed by atoms with Gasteiger partial charge in [-0.15, -0.1) is 0 Å². The zero-order valence-electron chi connectivity index (χ0n) is 17.5. The maximum atomic E-state index is 9.90. The van der Waals surface area contributed by atoms with Gasteiger partial charge >= 0.3 is 11.9 Å². The second-order valence-corrected chi connectivity index (χ2v) is 7.20. The lowest BCUT2D eigenvalue weighted by molar-refractivity contribution is -0.159. The quantitative estimate of drug-likeness (QED) is 0.369. The molecule has 0 bridgehead atoms. The molecule has 11 heteroatoms. The minimum absolute atomic E-state index is 0.0913. The number of nitrogens with one attached hydrogen (secondary N) is 1. The van der Waals surface area contributed by atoms with Crippen molar-refractivity contribution in [2.24, 2.45) is 7.05 Å². The second kappa shape index (κ2) is 11.0. The number of anilines is 1. The Labute approximate surface area is 192 Å². The first-order chi connectivity index (χ1) is 15.2. The van der Waals surface area contributed by atoms with Crippen LogP contribution in [0.2, 0.25) is 0 Å². The Morgan fingerprint density at radius 2 is 1.81 bits per heavy atom. The number of carboxylic acids is 2. The molecule has 0 spiro atoms. The molecule has 0 fully saturated rings. The monoisotopic (exact) mass is 507 g/mol. The van der Waals surface area contributed by atoms with E-state index in [1.165, 1.54) is 7.11 Å². The lowest BCUT2D eigenvalue weighted by Gasteiger charge is -2.11. The summed E-state index contributed by atoms with van der Waals surface area (Å²) in [6, 6.07) is 11.5. The summed E-state index contributed by atoms with van der Waals surface area (Å²) in [5.41, 5.74) is 2.97. The fourth-order valence-corrected chi connectivity index (χ4v) is 3.18. The molecule has 0 saturated carbocycles. The number of hydrogen-bond donors (Lipinski definition) is 4. The van der Waals surface area contributed by atoms with E-state index < -0.39 is 11.9 Å². The predicted molar refractivity (Wildman–Crippen MR) is 120 cm³/mol. The molecular formula is C21H22BrN3O7. The summed E-state index contributed by atoms with van der Waals surface area (Å²) in [7, 11) is 5.13. The van der Waals surface area contributed by atoms with Crippen molar-refractivity contribution in [2.75, 3.05) is 19.5 Å². The molecule has 1 aromatic heterocycles. The maximum Gasteiger partial charge on any atom is 0.414 e. The van der Waals surface area contributed by atoms with Gasteiger partial charge in [-0.05, 0) is 45.8 Å². The summed E-state index contributed by atoms with van der Waals surface area (Å²) in [4.78, 5) is 22.7. The molecule has 0 unspecified atom stereocenters. The maximum absolute atomic E-state index is 9.90. The van der Waals surface area contributed by atoms with Crippen molar-refractivity contribution < 1.29 is 34.4 Å². The van der Waals surface area contributed by atoms with Gasteiger partial charge in [-0.3, -0.25) is 0 Å². The smallest absolute Gasteiger partial charge is 0.414 e. The normalized spacial score (nSPS) is 10.0. The van der Waals surface area contributed by atoms with Gasteiger partial charge in [0, 0.05) is 19.2 Å². The van der Waals surface area contributed by atoms with Crippen LogP contribution in [0.25, 0.3) is 11.3 Å². The van der Waals surface area contributed by atoms with Crippen molar-refractivity contribution in [1.29, 1.82) is 0 Å². The number of benzene rings is 2. The van der Waals surface area contributed by atoms with Crippen molar-refractivity contribution >= 4 is 33.8 Å². The lowest BCUT2D eigenvalue weighted by Crippen LogP contribution is -2.09. The molecule has 0 aliphatic carbocycles. The number of hydrogen-bond acceptors (Lipinski definition) is 7. The molecule has 0 atom stereocenters. The fraction of sp³-hybridized carbons (Fsp3) is 0.190. The van der Waals surface area contributed by atoms with Crippen LogP contribution in [0.5, 0.6) is 17.2 Å². The summed E-state index contributed by atoms with van der Waals surface area (Å²) >= 11 is 3.34. The van der Waals surface area contributed by atoms with Crippen molar-refractivity contribution in [3.8, 4) is 28.5 Å². The molecule has 2 aromatic carbocycles. The van der Waals surface area contributed by atoms with Crippen LogP contribution in [0, 0.1) is 0 Å². The lowest BCUT2D eigenvalue weighted by atomic mass is 10.1. The molecule has 0 aliphatic heterocycles. The number of nitrogens with zero attached hydrogens (tertiary/aromatic N) is 2. The van der Waals surface area contributed by atoms with Gasteiger partial charge in [-0.1, -0.05) is 12.1 Å². The van der Waals surface area contributed by atoms with Crippen molar-refractivity contribution in [1.82, 2.24) is 9.55 Å². The number of rotatable bonds is 6. The fourth-order valence-electron chi connectivity index (χ4n) is 2.69. The summed E-state index contributed by atoms with van der Waals surface area (Å²) in [6.45, 7) is 0.539. The van der Waals surface area contributed by atoms with Gasteiger partial charge in [0.2, 0.25) is 5.95 Å². The van der Waals surface area contributed by atoms with Gasteiger partial charge in [0.05, 0.1) is 30.6 Å². The number of aliphatic carboxylic acids is 2. The number of aromatic nitrogens is 2. The first kappa shape index (κ1) is 24.5. The van der Waals surface area contributed by atoms with Crippen LogP contribution in [-0.2, 0) is 23.2 Å². The minimum Gasteiger partial charge on any atom is -0.503 e. The third-order valence-electron chi connectivity index (χ3n) is 4.30. The van der Waals surface area contributed by atoms with Gasteiger partial charge < -0.3 is 34.7 Å². The van der Waals surface area contributed by atoms with Crippen LogP contribution in [0.1, 0.15) is 5.56 Å². The van der Waals surface area contributed by atoms with Crippen LogP contribution in [0.4, 0.5) is 5.95 Å². The number of aromatic hydroxyl groups is 1. The summed E-state index contributed by atoms with van der Waals surface area (Å²) < 4.78 is 13.1. The number of phenols is 1. The number of ether oxygens (including phenoxy) is 2. The Kier molecular flexibility index (Phi) is 8.47. The van der Waals surface area contributed by atoms with Crippen molar-refractivity contribution in [3.05, 3.63) is 52.6 Å². The largest absolute Gasteiger partial charge is 0.503 e. The highest BCUT2D eigenvalue weighted by Crippen LogP contribution is 2.35. The Balaban J connectivity index is 0.000000534. The molecule has 4 N–H and O–H groups in total. The zero-order valence-corrected chi connectivity index (χ0v) is 19.1. The van der Waals surface area contributed by atoms with Crippen LogP contribution in [-0.4, -0.2) is 51.0 Å². The molecule has 0 radical (unpaired) electrons. The Morgan fingerprint density at radius 3 is 2.41 bits per heavy atom. The van der Waals surface area contributed by atoms with Gasteiger partial charge in [-0.25, -0.2) is 14.6 Å². The number of phenolic OH excluding ortho intramolecular Hbond substituents is 1. The van der Waals surface area contributed by atoms with E-state index in [4.69, 9.17) is 29.3 Å². The molecule has 3 rings (SSSR count). The highest BCUT2D eigenvalue weighted by atomic mass is 79.9. The highest BCUT2D eigenvalue weighted by molar-refractivity contribution is 9.10. The van der Waals surface area contributed by atoms with Crippen molar-refractivity contribution in [3.63, 3.8) is 0 Å². The molecule has 32 heavy (non-hydrogen) atoms. The molecule has 170 valence electrons. The average molecular weight is 508 g/mol. The van der Waals surface area contributed by atoms with E-state index in [9.17, 15) is 5.11 Å². The van der Waals surface area contributed by atoms with E-state index in [1.807, 2.05) is 48.1 Å². The van der Waals surface area contributed by atoms with Crippen LogP contribution in [0.3, 0.4) is 0 Å². The molecule has 0 saturated heterocycles. The van der Waals surface area contributed by atoms with Gasteiger partial charge in [-0.2, -0.15) is 0 Å². The topological polar surface area (TPSA) is 143 Å². The van der Waals surface area contributed by atoms with Crippen LogP contribution < -0.4 is 14.8 Å². The van der Waals surface area contributed by atoms with E-state index >= 15 is 0 Å². The minimum atomic E-state index is -1.82. The third kappa shape index (κ3) is 6.14. The number of methoxy groups -OCH3 is 2.